The van der Waals surface area contributed by atoms with Crippen LogP contribution in [0.15, 0.2) is 0 Å². The maximum absolute atomic E-state index is 5.59. The summed E-state index contributed by atoms with van der Waals surface area (Å²) in [5.41, 5.74) is 0. The third-order valence-corrected chi connectivity index (χ3v) is 2.13. The molecule has 2 nitrogen and oxygen atoms in total. The van der Waals surface area contributed by atoms with E-state index < -0.39 is 0 Å². The lowest BCUT2D eigenvalue weighted by molar-refractivity contribution is 0.109. The van der Waals surface area contributed by atoms with Gasteiger partial charge in [0.2, 0.25) is 0 Å². The maximum Gasteiger partial charge on any atom is 0.0710 e. The van der Waals surface area contributed by atoms with E-state index in [0.29, 0.717) is 6.10 Å². The van der Waals surface area contributed by atoms with Crippen molar-refractivity contribution in [2.75, 3.05) is 32.6 Å². The van der Waals surface area contributed by atoms with Crippen LogP contribution >= 0.6 is 11.6 Å². The highest BCUT2D eigenvalue weighted by Crippen LogP contribution is 2.10. The van der Waals surface area contributed by atoms with Gasteiger partial charge in [-0.1, -0.05) is 0 Å². The van der Waals surface area contributed by atoms with Crippen LogP contribution in [0.2, 0.25) is 0 Å². The summed E-state index contributed by atoms with van der Waals surface area (Å²) in [5.74, 6) is 0.733. The van der Waals surface area contributed by atoms with Crippen molar-refractivity contribution in [2.45, 2.75) is 12.5 Å². The molecule has 1 atom stereocenters. The molecule has 10 heavy (non-hydrogen) atoms. The van der Waals surface area contributed by atoms with E-state index in [9.17, 15) is 0 Å². The second kappa shape index (κ2) is 4.16. The van der Waals surface area contributed by atoms with E-state index >= 15 is 0 Å². The molecule has 0 bridgehead atoms. The Hall–Kier alpha value is 0.210. The predicted octanol–water partition coefficient (Wildman–Crippen LogP) is 0.946. The molecule has 0 N–H and O–H groups in total. The first-order valence-electron chi connectivity index (χ1n) is 3.68. The lowest BCUT2D eigenvalue weighted by Crippen LogP contribution is -2.24. The zero-order valence-corrected chi connectivity index (χ0v) is 7.10. The minimum absolute atomic E-state index is 0.447. The molecule has 60 valence electrons. The fourth-order valence-corrected chi connectivity index (χ4v) is 1.55. The van der Waals surface area contributed by atoms with Gasteiger partial charge >= 0.3 is 0 Å². The van der Waals surface area contributed by atoms with E-state index in [2.05, 4.69) is 4.90 Å². The summed E-state index contributed by atoms with van der Waals surface area (Å²) in [6, 6.07) is 0. The van der Waals surface area contributed by atoms with Gasteiger partial charge in [-0.3, -0.25) is 4.90 Å². The lowest BCUT2D eigenvalue weighted by Gasteiger charge is -2.12. The minimum atomic E-state index is 0.447. The molecule has 0 spiro atoms. The van der Waals surface area contributed by atoms with Crippen LogP contribution < -0.4 is 0 Å². The molecule has 1 fully saturated rings. The molecule has 0 aromatic heterocycles. The van der Waals surface area contributed by atoms with Crippen molar-refractivity contribution in [2.24, 2.45) is 0 Å². The lowest BCUT2D eigenvalue weighted by atomic mass is 10.3. The van der Waals surface area contributed by atoms with Gasteiger partial charge in [-0.2, -0.15) is 0 Å². The molecule has 1 aliphatic heterocycles. The van der Waals surface area contributed by atoms with Crippen molar-refractivity contribution in [3.8, 4) is 0 Å². The maximum atomic E-state index is 5.59. The number of likely N-dealkylation sites (tertiary alicyclic amines) is 1. The number of methoxy groups -OCH3 is 1. The third kappa shape index (κ3) is 2.11. The summed E-state index contributed by atoms with van der Waals surface area (Å²) >= 11 is 5.59. The predicted molar refractivity (Wildman–Crippen MR) is 42.6 cm³/mol. The molecule has 3 heteroatoms. The van der Waals surface area contributed by atoms with E-state index in [1.807, 2.05) is 0 Å². The second-order valence-corrected chi connectivity index (χ2v) is 3.01. The highest BCUT2D eigenvalue weighted by molar-refractivity contribution is 6.18. The zero-order chi connectivity index (χ0) is 7.40. The van der Waals surface area contributed by atoms with Gasteiger partial charge in [0.25, 0.3) is 0 Å². The van der Waals surface area contributed by atoms with Gasteiger partial charge in [0.1, 0.15) is 0 Å². The molecular formula is C7H14ClNO. The number of hydrogen-bond donors (Lipinski definition) is 0. The summed E-state index contributed by atoms with van der Waals surface area (Å²) in [6.07, 6.45) is 1.61. The van der Waals surface area contributed by atoms with E-state index in [1.54, 1.807) is 7.11 Å². The first-order valence-corrected chi connectivity index (χ1v) is 4.21. The van der Waals surface area contributed by atoms with Gasteiger partial charge in [0.15, 0.2) is 0 Å². The molecular weight excluding hydrogens is 150 g/mol. The van der Waals surface area contributed by atoms with Gasteiger partial charge in [-0.25, -0.2) is 0 Å². The summed E-state index contributed by atoms with van der Waals surface area (Å²) in [6.45, 7) is 3.20. The van der Waals surface area contributed by atoms with Crippen molar-refractivity contribution in [1.29, 1.82) is 0 Å². The molecule has 0 aromatic carbocycles. The molecule has 0 amide bonds. The van der Waals surface area contributed by atoms with Crippen molar-refractivity contribution < 1.29 is 4.74 Å². The molecule has 1 unspecified atom stereocenters. The Labute approximate surface area is 67.1 Å². The molecule has 1 heterocycles. The van der Waals surface area contributed by atoms with Gasteiger partial charge in [0, 0.05) is 32.6 Å². The molecule has 0 aromatic rings. The number of hydrogen-bond acceptors (Lipinski definition) is 2. The summed E-state index contributed by atoms with van der Waals surface area (Å²) < 4.78 is 5.20. The van der Waals surface area contributed by atoms with Gasteiger partial charge in [-0.05, 0) is 6.42 Å². The Morgan fingerprint density at radius 1 is 1.70 bits per heavy atom. The number of halogens is 1. The Kier molecular flexibility index (Phi) is 3.46. The van der Waals surface area contributed by atoms with Crippen molar-refractivity contribution in [3.63, 3.8) is 0 Å². The van der Waals surface area contributed by atoms with E-state index in [-0.39, 0.29) is 0 Å². The van der Waals surface area contributed by atoms with Gasteiger partial charge < -0.3 is 4.74 Å². The van der Waals surface area contributed by atoms with Crippen LogP contribution in [0, 0.1) is 0 Å². The highest BCUT2D eigenvalue weighted by atomic mass is 35.5. The van der Waals surface area contributed by atoms with E-state index in [0.717, 1.165) is 31.9 Å². The average molecular weight is 164 g/mol. The van der Waals surface area contributed by atoms with E-state index in [4.69, 9.17) is 16.3 Å². The summed E-state index contributed by atoms with van der Waals surface area (Å²) in [7, 11) is 1.77. The number of ether oxygens (including phenoxy) is 1. The number of nitrogens with zero attached hydrogens (tertiary/aromatic N) is 1. The van der Waals surface area contributed by atoms with Gasteiger partial charge in [0.05, 0.1) is 6.10 Å². The molecule has 1 aliphatic rings. The first-order chi connectivity index (χ1) is 4.86. The van der Waals surface area contributed by atoms with Crippen LogP contribution in [0.4, 0.5) is 0 Å². The standard InChI is InChI=1S/C7H14ClNO/c1-10-7-2-4-9(6-7)5-3-8/h7H,2-6H2,1H3. The second-order valence-electron chi connectivity index (χ2n) is 2.64. The Morgan fingerprint density at radius 2 is 2.50 bits per heavy atom. The van der Waals surface area contributed by atoms with Crippen molar-refractivity contribution in [3.05, 3.63) is 0 Å². The first kappa shape index (κ1) is 8.31. The van der Waals surface area contributed by atoms with Crippen molar-refractivity contribution in [1.82, 2.24) is 4.90 Å². The third-order valence-electron chi connectivity index (χ3n) is 1.96. The molecule has 0 saturated carbocycles. The smallest absolute Gasteiger partial charge is 0.0710 e. The minimum Gasteiger partial charge on any atom is -0.380 e. The van der Waals surface area contributed by atoms with Gasteiger partial charge in [-0.15, -0.1) is 11.6 Å². The SMILES string of the molecule is COC1CCN(CCCl)C1. The van der Waals surface area contributed by atoms with Crippen molar-refractivity contribution >= 4 is 11.6 Å². The van der Waals surface area contributed by atoms with Crippen LogP contribution in [0.3, 0.4) is 0 Å². The zero-order valence-electron chi connectivity index (χ0n) is 6.35. The summed E-state index contributed by atoms with van der Waals surface area (Å²) in [4.78, 5) is 2.33. The topological polar surface area (TPSA) is 12.5 Å². The van der Waals surface area contributed by atoms with Crippen LogP contribution in [-0.4, -0.2) is 43.6 Å². The normalized spacial score (nSPS) is 27.6. The van der Waals surface area contributed by atoms with Crippen LogP contribution in [0.25, 0.3) is 0 Å². The molecule has 0 aliphatic carbocycles. The fraction of sp³-hybridized carbons (Fsp3) is 1.00. The average Bonchev–Trinajstić information content (AvgIpc) is 2.37. The Morgan fingerprint density at radius 3 is 3.00 bits per heavy atom. The highest BCUT2D eigenvalue weighted by Gasteiger charge is 2.20. The molecule has 1 saturated heterocycles. The van der Waals surface area contributed by atoms with Crippen LogP contribution in [0.5, 0.6) is 0 Å². The largest absolute Gasteiger partial charge is 0.380 e. The monoisotopic (exact) mass is 163 g/mol. The quantitative estimate of drug-likeness (QED) is 0.575. The van der Waals surface area contributed by atoms with E-state index in [1.165, 1.54) is 0 Å². The van der Waals surface area contributed by atoms with Crippen LogP contribution in [-0.2, 0) is 4.74 Å². The Bertz CT molecular complexity index is 99.6. The summed E-state index contributed by atoms with van der Waals surface area (Å²) in [5, 5.41) is 0. The molecule has 0 radical (unpaired) electrons. The number of rotatable bonds is 3. The Balaban J connectivity index is 2.15. The van der Waals surface area contributed by atoms with Crippen LogP contribution in [0.1, 0.15) is 6.42 Å². The fourth-order valence-electron chi connectivity index (χ4n) is 1.31. The number of alkyl halides is 1. The molecule has 1 rings (SSSR count).